The molecule has 6 heteroatoms. The third kappa shape index (κ3) is 3.13. The van der Waals surface area contributed by atoms with Crippen molar-refractivity contribution in [2.24, 2.45) is 28.1 Å². The third-order valence-electron chi connectivity index (χ3n) is 5.96. The summed E-state index contributed by atoms with van der Waals surface area (Å²) in [4.78, 5) is 32.6. The first-order chi connectivity index (χ1) is 11.0. The van der Waals surface area contributed by atoms with Gasteiger partial charge in [0, 0.05) is 0 Å². The molecule has 6 nitrogen and oxygen atoms in total. The van der Waals surface area contributed by atoms with Gasteiger partial charge in [-0.15, -0.1) is 13.2 Å². The zero-order valence-electron chi connectivity index (χ0n) is 14.9. The highest BCUT2D eigenvalue weighted by molar-refractivity contribution is 5.80. The lowest BCUT2D eigenvalue weighted by atomic mass is 9.47. The van der Waals surface area contributed by atoms with Crippen molar-refractivity contribution in [3.8, 4) is 0 Å². The molecule has 3 atom stereocenters. The molecule has 0 spiro atoms. The smallest absolute Gasteiger partial charge is 0.301 e. The monoisotopic (exact) mass is 340 g/mol. The number of carbonyl (C=O) groups is 2. The lowest BCUT2D eigenvalue weighted by molar-refractivity contribution is -0.262. The molecule has 136 valence electrons. The van der Waals surface area contributed by atoms with Gasteiger partial charge in [0.05, 0.1) is 11.3 Å². The molecule has 1 aliphatic rings. The maximum atomic E-state index is 12.7. The Balaban J connectivity index is 3.54. The second-order valence-electron chi connectivity index (χ2n) is 7.74. The van der Waals surface area contributed by atoms with Gasteiger partial charge in [0.2, 0.25) is 0 Å². The van der Waals surface area contributed by atoms with Crippen LogP contribution < -0.4 is 0 Å². The van der Waals surface area contributed by atoms with E-state index in [-0.39, 0.29) is 12.3 Å². The van der Waals surface area contributed by atoms with E-state index in [0.717, 1.165) is 0 Å². The molecule has 1 saturated carbocycles. The molecule has 0 radical (unpaired) electrons. The van der Waals surface area contributed by atoms with Crippen molar-refractivity contribution in [2.45, 2.75) is 47.0 Å². The van der Waals surface area contributed by atoms with Crippen molar-refractivity contribution in [3.05, 3.63) is 25.3 Å². The molecular formula is C18H28O6. The lowest BCUT2D eigenvalue weighted by Gasteiger charge is -2.55. The Kier molecular flexibility index (Phi) is 6.00. The van der Waals surface area contributed by atoms with Gasteiger partial charge in [0.15, 0.2) is 0 Å². The van der Waals surface area contributed by atoms with Gasteiger partial charge < -0.3 is 9.78 Å². The summed E-state index contributed by atoms with van der Waals surface area (Å²) < 4.78 is 0. The van der Waals surface area contributed by atoms with Crippen LogP contribution in [0.1, 0.15) is 47.0 Å². The van der Waals surface area contributed by atoms with Gasteiger partial charge in [-0.1, -0.05) is 39.8 Å². The van der Waals surface area contributed by atoms with E-state index in [2.05, 4.69) is 22.9 Å². The second kappa shape index (κ2) is 7.07. The molecule has 3 unspecified atom stereocenters. The summed E-state index contributed by atoms with van der Waals surface area (Å²) in [6.07, 6.45) is 4.30. The number of hydrogen-bond donors (Lipinski definition) is 2. The SMILES string of the molecule is C=CC(C)(C)C1CC(C(=O)OO)CCC1(C(=O)OO)C(C)(C)C=C. The summed E-state index contributed by atoms with van der Waals surface area (Å²) in [5.74, 6) is -2.39. The number of allylic oxidation sites excluding steroid dienone is 2. The van der Waals surface area contributed by atoms with Gasteiger partial charge >= 0.3 is 11.9 Å². The van der Waals surface area contributed by atoms with Crippen LogP contribution in [0.4, 0.5) is 0 Å². The maximum absolute atomic E-state index is 12.7. The van der Waals surface area contributed by atoms with Crippen LogP contribution in [0.25, 0.3) is 0 Å². The van der Waals surface area contributed by atoms with E-state index in [4.69, 9.17) is 10.5 Å². The second-order valence-corrected chi connectivity index (χ2v) is 7.74. The highest BCUT2D eigenvalue weighted by Crippen LogP contribution is 2.60. The molecule has 0 aliphatic heterocycles. The molecule has 1 aliphatic carbocycles. The van der Waals surface area contributed by atoms with Crippen LogP contribution in [0.2, 0.25) is 0 Å². The van der Waals surface area contributed by atoms with E-state index < -0.39 is 34.1 Å². The van der Waals surface area contributed by atoms with Crippen molar-refractivity contribution in [3.63, 3.8) is 0 Å². The highest BCUT2D eigenvalue weighted by atomic mass is 17.1. The van der Waals surface area contributed by atoms with Crippen molar-refractivity contribution in [1.82, 2.24) is 0 Å². The molecule has 0 heterocycles. The van der Waals surface area contributed by atoms with Crippen molar-refractivity contribution in [1.29, 1.82) is 0 Å². The van der Waals surface area contributed by atoms with Crippen molar-refractivity contribution < 1.29 is 29.9 Å². The Morgan fingerprint density at radius 3 is 2.12 bits per heavy atom. The van der Waals surface area contributed by atoms with Crippen LogP contribution in [0.3, 0.4) is 0 Å². The Morgan fingerprint density at radius 2 is 1.71 bits per heavy atom. The molecule has 0 amide bonds. The zero-order valence-corrected chi connectivity index (χ0v) is 14.9. The average Bonchev–Trinajstić information content (AvgIpc) is 2.59. The fourth-order valence-electron chi connectivity index (χ4n) is 4.09. The van der Waals surface area contributed by atoms with Crippen LogP contribution in [0.5, 0.6) is 0 Å². The van der Waals surface area contributed by atoms with Gasteiger partial charge in [-0.05, 0) is 36.0 Å². The molecule has 1 rings (SSSR count). The minimum atomic E-state index is -1.09. The van der Waals surface area contributed by atoms with E-state index in [1.54, 1.807) is 12.2 Å². The van der Waals surface area contributed by atoms with Crippen LogP contribution in [-0.2, 0) is 19.4 Å². The highest BCUT2D eigenvalue weighted by Gasteiger charge is 2.62. The normalized spacial score (nSPS) is 27.9. The predicted molar refractivity (Wildman–Crippen MR) is 88.7 cm³/mol. The van der Waals surface area contributed by atoms with Crippen LogP contribution in [0, 0.1) is 28.1 Å². The van der Waals surface area contributed by atoms with Crippen LogP contribution in [0.15, 0.2) is 25.3 Å². The summed E-state index contributed by atoms with van der Waals surface area (Å²) in [6.45, 7) is 15.2. The first-order valence-electron chi connectivity index (χ1n) is 8.02. The summed E-state index contributed by atoms with van der Waals surface area (Å²) in [5, 5.41) is 17.9. The Labute approximate surface area is 143 Å². The van der Waals surface area contributed by atoms with Crippen molar-refractivity contribution in [2.75, 3.05) is 0 Å². The first kappa shape index (κ1) is 20.4. The third-order valence-corrected chi connectivity index (χ3v) is 5.96. The number of carbonyl (C=O) groups excluding carboxylic acids is 2. The van der Waals surface area contributed by atoms with Gasteiger partial charge in [-0.3, -0.25) is 0 Å². The summed E-state index contributed by atoms with van der Waals surface area (Å²) in [7, 11) is 0. The average molecular weight is 340 g/mol. The molecule has 24 heavy (non-hydrogen) atoms. The quantitative estimate of drug-likeness (QED) is 0.433. The number of rotatable bonds is 6. The fourth-order valence-corrected chi connectivity index (χ4v) is 4.09. The fraction of sp³-hybridized carbons (Fsp3) is 0.667. The number of hydrogen-bond acceptors (Lipinski definition) is 6. The van der Waals surface area contributed by atoms with Gasteiger partial charge in [0.25, 0.3) is 0 Å². The molecule has 0 aromatic heterocycles. The molecule has 0 aromatic rings. The summed E-state index contributed by atoms with van der Waals surface area (Å²) in [5.41, 5.74) is -2.33. The van der Waals surface area contributed by atoms with E-state index >= 15 is 0 Å². The van der Waals surface area contributed by atoms with Crippen LogP contribution in [-0.4, -0.2) is 22.5 Å². The Morgan fingerprint density at radius 1 is 1.12 bits per heavy atom. The lowest BCUT2D eigenvalue weighted by Crippen LogP contribution is -2.57. The Hall–Kier alpha value is -1.66. The van der Waals surface area contributed by atoms with Gasteiger partial charge in [-0.2, -0.15) is 10.5 Å². The topological polar surface area (TPSA) is 93.1 Å². The first-order valence-corrected chi connectivity index (χ1v) is 8.02. The molecule has 2 N–H and O–H groups in total. The van der Waals surface area contributed by atoms with E-state index in [1.165, 1.54) is 0 Å². The minimum absolute atomic E-state index is 0.285. The van der Waals surface area contributed by atoms with Crippen LogP contribution >= 0.6 is 0 Å². The van der Waals surface area contributed by atoms with E-state index in [1.807, 2.05) is 27.7 Å². The summed E-state index contributed by atoms with van der Waals surface area (Å²) >= 11 is 0. The van der Waals surface area contributed by atoms with Gasteiger partial charge in [0.1, 0.15) is 0 Å². The molecule has 0 aromatic carbocycles. The largest absolute Gasteiger partial charge is 0.349 e. The molecule has 0 bridgehead atoms. The maximum Gasteiger partial charge on any atom is 0.349 e. The van der Waals surface area contributed by atoms with Crippen molar-refractivity contribution >= 4 is 11.9 Å². The summed E-state index contributed by atoms with van der Waals surface area (Å²) in [6, 6.07) is 0. The van der Waals surface area contributed by atoms with E-state index in [0.29, 0.717) is 12.8 Å². The predicted octanol–water partition coefficient (Wildman–Crippen LogP) is 3.85. The molecule has 0 saturated heterocycles. The minimum Gasteiger partial charge on any atom is -0.301 e. The molecule has 1 fully saturated rings. The standard InChI is InChI=1S/C18H28O6/c1-7-16(3,4)13-11-12(14(19)23-21)9-10-18(13,15(20)24-22)17(5,6)8-2/h7-8,12-13,21-22H,1-2,9-11H2,3-6H3. The molecular weight excluding hydrogens is 312 g/mol. The zero-order chi connectivity index (χ0) is 18.8. The van der Waals surface area contributed by atoms with Gasteiger partial charge in [-0.25, -0.2) is 9.59 Å². The van der Waals surface area contributed by atoms with E-state index in [9.17, 15) is 9.59 Å². The Bertz CT molecular complexity index is 522.